The summed E-state index contributed by atoms with van der Waals surface area (Å²) in [5, 5.41) is 0. The van der Waals surface area contributed by atoms with Crippen LogP contribution in [0.5, 0.6) is 5.75 Å². The molecule has 158 valence electrons. The van der Waals surface area contributed by atoms with Gasteiger partial charge in [0.1, 0.15) is 24.0 Å². The SMILES string of the molecule is COc1cc(F)cc(CC(=O)C2CC3CCC(C2)N3C(=O)OCc2ccccc2)c1. The van der Waals surface area contributed by atoms with Crippen molar-refractivity contribution in [3.8, 4) is 5.75 Å². The minimum absolute atomic E-state index is 0.0306. The molecule has 2 unspecified atom stereocenters. The molecule has 30 heavy (non-hydrogen) atoms. The standard InChI is InChI=1S/C24H26FNO4/c1-29-22-10-17(9-19(25)14-22)11-23(27)18-12-20-7-8-21(13-18)26(20)24(28)30-15-16-5-3-2-4-6-16/h2-6,9-10,14,18,20-21H,7-8,11-13,15H2,1H3. The number of halogens is 1. The predicted molar refractivity (Wildman–Crippen MR) is 110 cm³/mol. The summed E-state index contributed by atoms with van der Waals surface area (Å²) >= 11 is 0. The van der Waals surface area contributed by atoms with Crippen molar-refractivity contribution in [1.82, 2.24) is 4.90 Å². The second kappa shape index (κ2) is 8.86. The van der Waals surface area contributed by atoms with Gasteiger partial charge in [0.2, 0.25) is 0 Å². The Morgan fingerprint density at radius 1 is 1.03 bits per heavy atom. The third-order valence-corrected chi connectivity index (χ3v) is 6.15. The van der Waals surface area contributed by atoms with Crippen molar-refractivity contribution >= 4 is 11.9 Å². The Bertz CT molecular complexity index is 903. The average molecular weight is 411 g/mol. The highest BCUT2D eigenvalue weighted by Crippen LogP contribution is 2.40. The maximum absolute atomic E-state index is 13.7. The lowest BCUT2D eigenvalue weighted by atomic mass is 9.85. The summed E-state index contributed by atoms with van der Waals surface area (Å²) < 4.78 is 24.3. The topological polar surface area (TPSA) is 55.8 Å². The van der Waals surface area contributed by atoms with Gasteiger partial charge in [0, 0.05) is 30.5 Å². The molecule has 2 saturated heterocycles. The zero-order chi connectivity index (χ0) is 21.1. The largest absolute Gasteiger partial charge is 0.497 e. The van der Waals surface area contributed by atoms with Crippen molar-refractivity contribution in [2.24, 2.45) is 5.92 Å². The Hall–Kier alpha value is -2.89. The van der Waals surface area contributed by atoms with Crippen LogP contribution in [0.2, 0.25) is 0 Å². The number of benzene rings is 2. The number of fused-ring (bicyclic) bond motifs is 2. The van der Waals surface area contributed by atoms with Crippen LogP contribution in [-0.2, 0) is 22.6 Å². The molecule has 2 bridgehead atoms. The third kappa shape index (κ3) is 4.48. The molecule has 0 radical (unpaired) electrons. The fraction of sp³-hybridized carbons (Fsp3) is 0.417. The molecule has 0 spiro atoms. The molecule has 0 aliphatic carbocycles. The highest BCUT2D eigenvalue weighted by Gasteiger charge is 2.45. The first-order chi connectivity index (χ1) is 14.5. The number of ether oxygens (including phenoxy) is 2. The van der Waals surface area contributed by atoms with E-state index in [9.17, 15) is 14.0 Å². The van der Waals surface area contributed by atoms with E-state index in [2.05, 4.69) is 0 Å². The van der Waals surface area contributed by atoms with Crippen LogP contribution in [0.25, 0.3) is 0 Å². The molecule has 4 rings (SSSR count). The maximum Gasteiger partial charge on any atom is 0.410 e. The number of carbonyl (C=O) groups is 2. The summed E-state index contributed by atoms with van der Waals surface area (Å²) in [4.78, 5) is 27.4. The first-order valence-electron chi connectivity index (χ1n) is 10.4. The molecule has 0 saturated carbocycles. The van der Waals surface area contributed by atoms with Gasteiger partial charge in [-0.15, -0.1) is 0 Å². The first-order valence-corrected chi connectivity index (χ1v) is 10.4. The molecule has 2 aliphatic rings. The van der Waals surface area contributed by atoms with Crippen LogP contribution in [0.15, 0.2) is 48.5 Å². The summed E-state index contributed by atoms with van der Waals surface area (Å²) in [5.41, 5.74) is 1.57. The van der Waals surface area contributed by atoms with Gasteiger partial charge in [-0.1, -0.05) is 30.3 Å². The fourth-order valence-electron chi connectivity index (χ4n) is 4.72. The average Bonchev–Trinajstić information content (AvgIpc) is 3.01. The molecular weight excluding hydrogens is 385 g/mol. The van der Waals surface area contributed by atoms with E-state index in [4.69, 9.17) is 9.47 Å². The van der Waals surface area contributed by atoms with Gasteiger partial charge >= 0.3 is 6.09 Å². The van der Waals surface area contributed by atoms with Crippen LogP contribution in [0, 0.1) is 11.7 Å². The van der Waals surface area contributed by atoms with Gasteiger partial charge in [-0.2, -0.15) is 0 Å². The Morgan fingerprint density at radius 3 is 2.40 bits per heavy atom. The van der Waals surface area contributed by atoms with E-state index in [1.807, 2.05) is 35.2 Å². The predicted octanol–water partition coefficient (Wildman–Crippen LogP) is 4.53. The molecule has 6 heteroatoms. The highest BCUT2D eigenvalue weighted by molar-refractivity contribution is 5.84. The second-order valence-electron chi connectivity index (χ2n) is 8.14. The van der Waals surface area contributed by atoms with E-state index in [0.29, 0.717) is 24.2 Å². The number of nitrogens with zero attached hydrogens (tertiary/aromatic N) is 1. The van der Waals surface area contributed by atoms with E-state index in [0.717, 1.165) is 18.4 Å². The number of hydrogen-bond acceptors (Lipinski definition) is 4. The molecule has 2 aromatic carbocycles. The van der Waals surface area contributed by atoms with Crippen LogP contribution in [0.3, 0.4) is 0 Å². The van der Waals surface area contributed by atoms with Crippen molar-refractivity contribution in [2.45, 2.75) is 50.8 Å². The molecule has 2 heterocycles. The smallest absolute Gasteiger partial charge is 0.410 e. The van der Waals surface area contributed by atoms with Crippen molar-refractivity contribution in [3.63, 3.8) is 0 Å². The monoisotopic (exact) mass is 411 g/mol. The minimum atomic E-state index is -0.409. The van der Waals surface area contributed by atoms with E-state index in [-0.39, 0.29) is 42.9 Å². The number of rotatable bonds is 6. The van der Waals surface area contributed by atoms with Crippen LogP contribution >= 0.6 is 0 Å². The summed E-state index contributed by atoms with van der Waals surface area (Å²) in [5.74, 6) is -0.0196. The number of amides is 1. The Labute approximate surface area is 175 Å². The van der Waals surface area contributed by atoms with Gasteiger partial charge in [0.15, 0.2) is 0 Å². The molecule has 2 atom stereocenters. The Balaban J connectivity index is 1.36. The number of piperidine rings is 1. The minimum Gasteiger partial charge on any atom is -0.497 e. The Kier molecular flexibility index (Phi) is 6.02. The lowest BCUT2D eigenvalue weighted by Crippen LogP contribution is -2.48. The molecular formula is C24H26FNO4. The van der Waals surface area contributed by atoms with Crippen molar-refractivity contribution in [1.29, 1.82) is 0 Å². The summed E-state index contributed by atoms with van der Waals surface area (Å²) in [7, 11) is 1.48. The van der Waals surface area contributed by atoms with Crippen molar-refractivity contribution < 1.29 is 23.5 Å². The van der Waals surface area contributed by atoms with E-state index >= 15 is 0 Å². The van der Waals surface area contributed by atoms with Gasteiger partial charge in [-0.3, -0.25) is 4.79 Å². The maximum atomic E-state index is 13.7. The third-order valence-electron chi connectivity index (χ3n) is 6.15. The number of carbonyl (C=O) groups excluding carboxylic acids is 2. The number of hydrogen-bond donors (Lipinski definition) is 0. The van der Waals surface area contributed by atoms with Gasteiger partial charge in [0.25, 0.3) is 0 Å². The number of Topliss-reactive ketones (excluding diaryl/α,β-unsaturated/α-hetero) is 1. The van der Waals surface area contributed by atoms with E-state index in [1.54, 1.807) is 6.07 Å². The molecule has 2 aromatic rings. The van der Waals surface area contributed by atoms with Crippen molar-refractivity contribution in [2.75, 3.05) is 7.11 Å². The molecule has 5 nitrogen and oxygen atoms in total. The number of methoxy groups -OCH3 is 1. The van der Waals surface area contributed by atoms with Crippen molar-refractivity contribution in [3.05, 3.63) is 65.5 Å². The zero-order valence-corrected chi connectivity index (χ0v) is 17.1. The lowest BCUT2D eigenvalue weighted by molar-refractivity contribution is -0.124. The Morgan fingerprint density at radius 2 is 1.73 bits per heavy atom. The van der Waals surface area contributed by atoms with E-state index in [1.165, 1.54) is 19.2 Å². The molecule has 0 aromatic heterocycles. The van der Waals surface area contributed by atoms with Crippen LogP contribution < -0.4 is 4.74 Å². The summed E-state index contributed by atoms with van der Waals surface area (Å²) in [6, 6.07) is 14.0. The fourth-order valence-corrected chi connectivity index (χ4v) is 4.72. The number of ketones is 1. The molecule has 0 N–H and O–H groups in total. The van der Waals surface area contributed by atoms with E-state index < -0.39 is 5.82 Å². The van der Waals surface area contributed by atoms with Gasteiger partial charge in [-0.25, -0.2) is 9.18 Å². The summed E-state index contributed by atoms with van der Waals surface area (Å²) in [6.45, 7) is 0.249. The highest BCUT2D eigenvalue weighted by atomic mass is 19.1. The second-order valence-corrected chi connectivity index (χ2v) is 8.14. The molecule has 2 aliphatic heterocycles. The van der Waals surface area contributed by atoms with Gasteiger partial charge in [-0.05, 0) is 48.9 Å². The lowest BCUT2D eigenvalue weighted by Gasteiger charge is -2.37. The van der Waals surface area contributed by atoms with Crippen LogP contribution in [0.1, 0.15) is 36.8 Å². The van der Waals surface area contributed by atoms with Gasteiger partial charge < -0.3 is 14.4 Å². The first kappa shape index (κ1) is 20.4. The van der Waals surface area contributed by atoms with Crippen LogP contribution in [-0.4, -0.2) is 36.0 Å². The molecule has 1 amide bonds. The quantitative estimate of drug-likeness (QED) is 0.701. The summed E-state index contributed by atoms with van der Waals surface area (Å²) in [6.07, 6.45) is 2.94. The van der Waals surface area contributed by atoms with Crippen LogP contribution in [0.4, 0.5) is 9.18 Å². The zero-order valence-electron chi connectivity index (χ0n) is 17.1. The van der Waals surface area contributed by atoms with Gasteiger partial charge in [0.05, 0.1) is 7.11 Å². The normalized spacial score (nSPS) is 22.6. The molecule has 2 fully saturated rings.